The molecule has 1 aliphatic carbocycles. The number of fused-ring (bicyclic) bond motifs is 1. The molecule has 1 saturated heterocycles. The number of carbonyl (C=O) groups is 1. The average molecular weight is 411 g/mol. The largest absolute Gasteiger partial charge is 0.481 e. The maximum absolute atomic E-state index is 12.8. The lowest BCUT2D eigenvalue weighted by molar-refractivity contribution is -0.125. The van der Waals surface area contributed by atoms with Crippen LogP contribution in [-0.4, -0.2) is 67.3 Å². The summed E-state index contributed by atoms with van der Waals surface area (Å²) in [4.78, 5) is 24.6. The fraction of sp³-hybridized carbons (Fsp3) is 0.522. The van der Waals surface area contributed by atoms with Gasteiger partial charge in [-0.2, -0.15) is 4.98 Å². The van der Waals surface area contributed by atoms with Gasteiger partial charge in [0.05, 0.1) is 26.0 Å². The summed E-state index contributed by atoms with van der Waals surface area (Å²) in [5.41, 5.74) is 3.02. The molecular weight excluding hydrogens is 380 g/mol. The smallest absolute Gasteiger partial charge is 0.223 e. The van der Waals surface area contributed by atoms with Gasteiger partial charge in [0.25, 0.3) is 0 Å². The number of benzene rings is 1. The molecule has 0 saturated carbocycles. The Morgan fingerprint density at radius 3 is 2.70 bits per heavy atom. The van der Waals surface area contributed by atoms with Gasteiger partial charge < -0.3 is 14.8 Å². The minimum Gasteiger partial charge on any atom is -0.481 e. The van der Waals surface area contributed by atoms with Crippen molar-refractivity contribution in [3.63, 3.8) is 0 Å². The van der Waals surface area contributed by atoms with Gasteiger partial charge in [0.1, 0.15) is 0 Å². The number of aromatic nitrogens is 2. The van der Waals surface area contributed by atoms with Gasteiger partial charge in [-0.1, -0.05) is 30.3 Å². The Labute approximate surface area is 177 Å². The molecule has 30 heavy (non-hydrogen) atoms. The highest BCUT2D eigenvalue weighted by atomic mass is 16.5. The molecule has 160 valence electrons. The Hall–Kier alpha value is -2.51. The van der Waals surface area contributed by atoms with Gasteiger partial charge >= 0.3 is 0 Å². The molecule has 7 nitrogen and oxygen atoms in total. The number of aryl methyl sites for hydroxylation is 1. The molecule has 0 spiro atoms. The summed E-state index contributed by atoms with van der Waals surface area (Å²) < 4.78 is 11.0. The third kappa shape index (κ3) is 4.96. The molecule has 2 aliphatic rings. The molecule has 1 unspecified atom stereocenters. The quantitative estimate of drug-likeness (QED) is 0.735. The first-order valence-electron chi connectivity index (χ1n) is 10.8. The van der Waals surface area contributed by atoms with E-state index in [0.717, 1.165) is 75.4 Å². The molecule has 2 aromatic rings. The molecule has 7 heteroatoms. The maximum Gasteiger partial charge on any atom is 0.223 e. The zero-order valence-electron chi connectivity index (χ0n) is 17.6. The lowest BCUT2D eigenvalue weighted by atomic mass is 9.99. The standard InChI is InChI=1S/C23H30N4O3/c1-29-23-19-9-7-18(22(28)24-11-12-27-13-15-30-16-14-27)8-10-20(19)25-21(26-23)17-5-3-2-4-6-17/h2-6,18H,7-16H2,1H3,(H,24,28). The minimum atomic E-state index is -0.00577. The van der Waals surface area contributed by atoms with Crippen molar-refractivity contribution in [2.75, 3.05) is 46.5 Å². The van der Waals surface area contributed by atoms with Crippen LogP contribution in [0.1, 0.15) is 24.1 Å². The number of amides is 1. The molecule has 2 heterocycles. The van der Waals surface area contributed by atoms with Crippen LogP contribution < -0.4 is 10.1 Å². The van der Waals surface area contributed by atoms with E-state index < -0.39 is 0 Å². The molecule has 0 bridgehead atoms. The van der Waals surface area contributed by atoms with Crippen LogP contribution >= 0.6 is 0 Å². The zero-order valence-corrected chi connectivity index (χ0v) is 17.6. The van der Waals surface area contributed by atoms with Crippen molar-refractivity contribution < 1.29 is 14.3 Å². The van der Waals surface area contributed by atoms with Crippen LogP contribution in [0.3, 0.4) is 0 Å². The molecule has 1 aromatic carbocycles. The van der Waals surface area contributed by atoms with Crippen LogP contribution in [0.25, 0.3) is 11.4 Å². The number of nitrogens with one attached hydrogen (secondary N) is 1. The maximum atomic E-state index is 12.8. The van der Waals surface area contributed by atoms with Crippen LogP contribution in [0, 0.1) is 5.92 Å². The molecule has 1 amide bonds. The number of nitrogens with zero attached hydrogens (tertiary/aromatic N) is 3. The number of carbonyl (C=O) groups excluding carboxylic acids is 1. The van der Waals surface area contributed by atoms with E-state index in [1.165, 1.54) is 0 Å². The summed E-state index contributed by atoms with van der Waals surface area (Å²) in [6, 6.07) is 9.94. The molecule has 4 rings (SSSR count). The Bertz CT molecular complexity index is 853. The van der Waals surface area contributed by atoms with E-state index in [9.17, 15) is 4.79 Å². The van der Waals surface area contributed by atoms with Crippen molar-refractivity contribution in [1.29, 1.82) is 0 Å². The monoisotopic (exact) mass is 410 g/mol. The highest BCUT2D eigenvalue weighted by Gasteiger charge is 2.26. The second-order valence-electron chi connectivity index (χ2n) is 7.87. The summed E-state index contributed by atoms with van der Waals surface area (Å²) in [5, 5.41) is 3.13. The third-order valence-corrected chi connectivity index (χ3v) is 5.95. The fourth-order valence-electron chi connectivity index (χ4n) is 4.19. The van der Waals surface area contributed by atoms with Crippen molar-refractivity contribution in [3.8, 4) is 17.3 Å². The number of ether oxygens (including phenoxy) is 2. The van der Waals surface area contributed by atoms with Crippen molar-refractivity contribution in [1.82, 2.24) is 20.2 Å². The van der Waals surface area contributed by atoms with Crippen molar-refractivity contribution in [2.24, 2.45) is 5.92 Å². The highest BCUT2D eigenvalue weighted by molar-refractivity contribution is 5.78. The van der Waals surface area contributed by atoms with E-state index >= 15 is 0 Å². The van der Waals surface area contributed by atoms with Crippen LogP contribution in [0.4, 0.5) is 0 Å². The van der Waals surface area contributed by atoms with Gasteiger partial charge in [0, 0.05) is 43.2 Å². The summed E-state index contributed by atoms with van der Waals surface area (Å²) >= 11 is 0. The van der Waals surface area contributed by atoms with Crippen molar-refractivity contribution >= 4 is 5.91 Å². The Morgan fingerprint density at radius 1 is 1.17 bits per heavy atom. The molecule has 1 aromatic heterocycles. The van der Waals surface area contributed by atoms with Gasteiger partial charge in [-0.05, 0) is 25.7 Å². The summed E-state index contributed by atoms with van der Waals surface area (Å²) in [5.74, 6) is 1.45. The van der Waals surface area contributed by atoms with E-state index in [-0.39, 0.29) is 11.8 Å². The first-order valence-corrected chi connectivity index (χ1v) is 10.8. The lowest BCUT2D eigenvalue weighted by Crippen LogP contribution is -2.42. The summed E-state index contributed by atoms with van der Waals surface area (Å²) in [6.07, 6.45) is 3.11. The zero-order chi connectivity index (χ0) is 20.8. The summed E-state index contributed by atoms with van der Waals surface area (Å²) in [6.45, 7) is 5.00. The molecule has 1 fully saturated rings. The Morgan fingerprint density at radius 2 is 1.93 bits per heavy atom. The van der Waals surface area contributed by atoms with Crippen LogP contribution in [0.15, 0.2) is 30.3 Å². The van der Waals surface area contributed by atoms with Crippen molar-refractivity contribution in [2.45, 2.75) is 25.7 Å². The van der Waals surface area contributed by atoms with Gasteiger partial charge in [-0.15, -0.1) is 0 Å². The summed E-state index contributed by atoms with van der Waals surface area (Å²) in [7, 11) is 1.65. The van der Waals surface area contributed by atoms with Crippen LogP contribution in [0.5, 0.6) is 5.88 Å². The van der Waals surface area contributed by atoms with Gasteiger partial charge in [-0.3, -0.25) is 9.69 Å². The van der Waals surface area contributed by atoms with E-state index in [0.29, 0.717) is 18.2 Å². The third-order valence-electron chi connectivity index (χ3n) is 5.95. The molecule has 1 aliphatic heterocycles. The van der Waals surface area contributed by atoms with Crippen LogP contribution in [0.2, 0.25) is 0 Å². The predicted molar refractivity (Wildman–Crippen MR) is 114 cm³/mol. The van der Waals surface area contributed by atoms with Crippen LogP contribution in [-0.2, 0) is 22.4 Å². The normalized spacial score (nSPS) is 19.6. The minimum absolute atomic E-state index is 0.00577. The molecule has 0 radical (unpaired) electrons. The van der Waals surface area contributed by atoms with E-state index in [4.69, 9.17) is 14.5 Å². The second kappa shape index (κ2) is 10.00. The molecular formula is C23H30N4O3. The average Bonchev–Trinajstić information content (AvgIpc) is 3.02. The first-order chi connectivity index (χ1) is 14.7. The fourth-order valence-corrected chi connectivity index (χ4v) is 4.19. The number of morpholine rings is 1. The molecule has 1 atom stereocenters. The second-order valence-corrected chi connectivity index (χ2v) is 7.87. The topological polar surface area (TPSA) is 76.6 Å². The van der Waals surface area contributed by atoms with Gasteiger partial charge in [0.2, 0.25) is 11.8 Å². The van der Waals surface area contributed by atoms with Gasteiger partial charge in [-0.25, -0.2) is 4.98 Å². The van der Waals surface area contributed by atoms with E-state index in [1.54, 1.807) is 7.11 Å². The van der Waals surface area contributed by atoms with Crippen molar-refractivity contribution in [3.05, 3.63) is 41.6 Å². The first kappa shape index (κ1) is 20.8. The Kier molecular flexibility index (Phi) is 6.92. The SMILES string of the molecule is COc1nc(-c2ccccc2)nc2c1CCC(C(=O)NCCN1CCOCC1)CC2. The number of hydrogen-bond acceptors (Lipinski definition) is 6. The predicted octanol–water partition coefficient (Wildman–Crippen LogP) is 2.10. The van der Waals surface area contributed by atoms with Gasteiger partial charge in [0.15, 0.2) is 5.82 Å². The number of hydrogen-bond donors (Lipinski definition) is 1. The number of rotatable bonds is 6. The Balaban J connectivity index is 1.39. The van der Waals surface area contributed by atoms with E-state index in [1.807, 2.05) is 30.3 Å². The number of methoxy groups -OCH3 is 1. The lowest BCUT2D eigenvalue weighted by Gasteiger charge is -2.26. The van der Waals surface area contributed by atoms with E-state index in [2.05, 4.69) is 15.2 Å². The highest BCUT2D eigenvalue weighted by Crippen LogP contribution is 2.31. The molecule has 1 N–H and O–H groups in total.